The fourth-order valence-corrected chi connectivity index (χ4v) is 4.01. The number of nitrogen functional groups attached to an aromatic ring is 1. The third-order valence-corrected chi connectivity index (χ3v) is 6.00. The number of rotatable bonds is 5. The van der Waals surface area contributed by atoms with Gasteiger partial charge in [-0.25, -0.2) is 15.0 Å². The van der Waals surface area contributed by atoms with Crippen molar-refractivity contribution in [3.05, 3.63) is 100 Å². The van der Waals surface area contributed by atoms with Crippen molar-refractivity contribution in [2.45, 2.75) is 13.5 Å². The van der Waals surface area contributed by atoms with Crippen LogP contribution < -0.4 is 11.1 Å². The summed E-state index contributed by atoms with van der Waals surface area (Å²) < 4.78 is 2.91. The lowest BCUT2D eigenvalue weighted by atomic mass is 10.1. The monoisotopic (exact) mass is 512 g/mol. The summed E-state index contributed by atoms with van der Waals surface area (Å²) in [6.07, 6.45) is 3.48. The predicted molar refractivity (Wildman–Crippen MR) is 137 cm³/mol. The zero-order chi connectivity index (χ0) is 23.7. The molecule has 5 aromatic rings. The Bertz CT molecular complexity index is 1490. The molecule has 3 aromatic heterocycles. The second-order valence-corrected chi connectivity index (χ2v) is 8.83. The van der Waals surface area contributed by atoms with E-state index in [0.29, 0.717) is 23.8 Å². The molecule has 2 aromatic carbocycles. The van der Waals surface area contributed by atoms with Crippen molar-refractivity contribution in [1.29, 1.82) is 0 Å². The lowest BCUT2D eigenvalue weighted by Crippen LogP contribution is -2.22. The third-order valence-electron chi connectivity index (χ3n) is 5.47. The number of anilines is 1. The number of pyridine rings is 2. The fourth-order valence-electron chi connectivity index (χ4n) is 3.75. The molecular formula is C26H21BrN6O. The number of hydrogen-bond donors (Lipinski definition) is 2. The van der Waals surface area contributed by atoms with Gasteiger partial charge in [-0.3, -0.25) is 9.36 Å². The van der Waals surface area contributed by atoms with Gasteiger partial charge in [-0.15, -0.1) is 0 Å². The Balaban J connectivity index is 1.46. The fraction of sp³-hybridized carbons (Fsp3) is 0.0769. The summed E-state index contributed by atoms with van der Waals surface area (Å²) in [4.78, 5) is 26.1. The average molecular weight is 513 g/mol. The van der Waals surface area contributed by atoms with Gasteiger partial charge in [0.25, 0.3) is 5.91 Å². The molecule has 0 saturated carbocycles. The number of imidazole rings is 1. The van der Waals surface area contributed by atoms with Gasteiger partial charge in [0, 0.05) is 34.7 Å². The van der Waals surface area contributed by atoms with Gasteiger partial charge in [-0.2, -0.15) is 0 Å². The summed E-state index contributed by atoms with van der Waals surface area (Å²) in [6, 6.07) is 20.9. The number of aromatic nitrogens is 4. The maximum absolute atomic E-state index is 12.4. The summed E-state index contributed by atoms with van der Waals surface area (Å²) in [5.41, 5.74) is 11.9. The molecule has 0 bridgehead atoms. The molecular weight excluding hydrogens is 492 g/mol. The van der Waals surface area contributed by atoms with Crippen molar-refractivity contribution in [3.8, 4) is 17.1 Å². The Labute approximate surface area is 204 Å². The Morgan fingerprint density at radius 1 is 1.06 bits per heavy atom. The normalized spacial score (nSPS) is 11.0. The highest BCUT2D eigenvalue weighted by atomic mass is 79.9. The number of nitrogens with one attached hydrogen (secondary N) is 1. The number of halogens is 1. The molecule has 0 atom stereocenters. The molecule has 7 nitrogen and oxygen atoms in total. The molecule has 8 heteroatoms. The zero-order valence-electron chi connectivity index (χ0n) is 18.4. The number of fused-ring (bicyclic) bond motifs is 1. The van der Waals surface area contributed by atoms with Crippen LogP contribution in [0.5, 0.6) is 0 Å². The van der Waals surface area contributed by atoms with Crippen molar-refractivity contribution in [2.24, 2.45) is 0 Å². The molecule has 168 valence electrons. The molecule has 3 N–H and O–H groups in total. The Morgan fingerprint density at radius 3 is 2.56 bits per heavy atom. The van der Waals surface area contributed by atoms with E-state index in [1.165, 1.54) is 0 Å². The molecule has 3 heterocycles. The number of hydrogen-bond acceptors (Lipinski definition) is 5. The number of carbonyl (C=O) groups excluding carboxylic acids is 1. The first-order chi connectivity index (χ1) is 16.5. The number of benzene rings is 2. The summed E-state index contributed by atoms with van der Waals surface area (Å²) in [6.45, 7) is 2.40. The van der Waals surface area contributed by atoms with E-state index in [9.17, 15) is 4.79 Å². The molecule has 0 aliphatic rings. The van der Waals surface area contributed by atoms with Gasteiger partial charge in [-0.1, -0.05) is 28.1 Å². The smallest absolute Gasteiger partial charge is 0.251 e. The number of nitrogens with zero attached hydrogens (tertiary/aromatic N) is 4. The minimum absolute atomic E-state index is 0.119. The predicted octanol–water partition coefficient (Wildman–Crippen LogP) is 5.07. The summed E-state index contributed by atoms with van der Waals surface area (Å²) in [5, 5.41) is 2.96. The SMILES string of the molecule is Cc1cnc2c(c1)nc(-c1cccnc1N)n2-c1ccc(CNC(=O)c2ccc(Br)cc2)cc1. The second-order valence-electron chi connectivity index (χ2n) is 7.92. The minimum Gasteiger partial charge on any atom is -0.383 e. The van der Waals surface area contributed by atoms with Crippen LogP contribution in [-0.2, 0) is 6.54 Å². The van der Waals surface area contributed by atoms with E-state index in [0.717, 1.165) is 38.0 Å². The van der Waals surface area contributed by atoms with Crippen molar-refractivity contribution < 1.29 is 4.79 Å². The minimum atomic E-state index is -0.119. The number of carbonyl (C=O) groups is 1. The summed E-state index contributed by atoms with van der Waals surface area (Å²) >= 11 is 3.38. The molecule has 1 amide bonds. The summed E-state index contributed by atoms with van der Waals surface area (Å²) in [7, 11) is 0. The highest BCUT2D eigenvalue weighted by Crippen LogP contribution is 2.30. The Kier molecular flexibility index (Phi) is 5.81. The molecule has 0 radical (unpaired) electrons. The van der Waals surface area contributed by atoms with E-state index < -0.39 is 0 Å². The second kappa shape index (κ2) is 9.07. The zero-order valence-corrected chi connectivity index (χ0v) is 20.0. The number of nitrogens with two attached hydrogens (primary N) is 1. The van der Waals surface area contributed by atoms with Gasteiger partial charge in [0.05, 0.1) is 5.56 Å². The van der Waals surface area contributed by atoms with Gasteiger partial charge in [-0.05, 0) is 72.6 Å². The largest absolute Gasteiger partial charge is 0.383 e. The molecule has 0 aliphatic carbocycles. The van der Waals surface area contributed by atoms with E-state index in [4.69, 9.17) is 10.7 Å². The van der Waals surface area contributed by atoms with Crippen molar-refractivity contribution in [1.82, 2.24) is 24.8 Å². The average Bonchev–Trinajstić information content (AvgIpc) is 3.21. The van der Waals surface area contributed by atoms with Gasteiger partial charge in [0.2, 0.25) is 0 Å². The number of aryl methyl sites for hydroxylation is 1. The lowest BCUT2D eigenvalue weighted by molar-refractivity contribution is 0.0951. The quantitative estimate of drug-likeness (QED) is 0.342. The molecule has 34 heavy (non-hydrogen) atoms. The molecule has 5 rings (SSSR count). The van der Waals surface area contributed by atoms with Gasteiger partial charge in [0.1, 0.15) is 11.3 Å². The van der Waals surface area contributed by atoms with Crippen LogP contribution in [0.4, 0.5) is 5.82 Å². The van der Waals surface area contributed by atoms with Crippen LogP contribution in [0.1, 0.15) is 21.5 Å². The topological polar surface area (TPSA) is 98.7 Å². The maximum atomic E-state index is 12.4. The van der Waals surface area contributed by atoms with Crippen LogP contribution in [0.2, 0.25) is 0 Å². The van der Waals surface area contributed by atoms with E-state index >= 15 is 0 Å². The van der Waals surface area contributed by atoms with Crippen molar-refractivity contribution in [3.63, 3.8) is 0 Å². The Hall–Kier alpha value is -4.04. The van der Waals surface area contributed by atoms with Crippen LogP contribution in [0.3, 0.4) is 0 Å². The molecule has 0 saturated heterocycles. The van der Waals surface area contributed by atoms with Crippen LogP contribution in [-0.4, -0.2) is 25.4 Å². The van der Waals surface area contributed by atoms with E-state index in [-0.39, 0.29) is 5.91 Å². The molecule has 0 unspecified atom stereocenters. The first-order valence-electron chi connectivity index (χ1n) is 10.7. The maximum Gasteiger partial charge on any atom is 0.251 e. The Morgan fingerprint density at radius 2 is 1.82 bits per heavy atom. The number of amides is 1. The highest BCUT2D eigenvalue weighted by molar-refractivity contribution is 9.10. The molecule has 0 fully saturated rings. The first kappa shape index (κ1) is 21.8. The van der Waals surface area contributed by atoms with Gasteiger partial charge in [0.15, 0.2) is 11.5 Å². The standard InChI is InChI=1S/C26H21BrN6O/c1-16-13-22-25(30-14-16)33(24(32-22)21-3-2-12-29-23(21)28)20-10-4-17(5-11-20)15-31-26(34)18-6-8-19(27)9-7-18/h2-14H,15H2,1H3,(H2,28,29)(H,31,34). The third kappa shape index (κ3) is 4.27. The van der Waals surface area contributed by atoms with Crippen molar-refractivity contribution in [2.75, 3.05) is 5.73 Å². The lowest BCUT2D eigenvalue weighted by Gasteiger charge is -2.11. The van der Waals surface area contributed by atoms with E-state index in [1.54, 1.807) is 18.3 Å². The van der Waals surface area contributed by atoms with Crippen LogP contribution in [0, 0.1) is 6.92 Å². The summed E-state index contributed by atoms with van der Waals surface area (Å²) in [5.74, 6) is 0.962. The highest BCUT2D eigenvalue weighted by Gasteiger charge is 2.18. The van der Waals surface area contributed by atoms with Crippen LogP contribution in [0.25, 0.3) is 28.2 Å². The first-order valence-corrected chi connectivity index (χ1v) is 11.5. The van der Waals surface area contributed by atoms with E-state index in [1.807, 2.05) is 72.3 Å². The van der Waals surface area contributed by atoms with Crippen molar-refractivity contribution >= 4 is 38.8 Å². The van der Waals surface area contributed by atoms with E-state index in [2.05, 4.69) is 31.2 Å². The van der Waals surface area contributed by atoms with Crippen LogP contribution in [0.15, 0.2) is 83.6 Å². The van der Waals surface area contributed by atoms with Gasteiger partial charge >= 0.3 is 0 Å². The molecule has 0 aliphatic heterocycles. The van der Waals surface area contributed by atoms with Gasteiger partial charge < -0.3 is 11.1 Å². The molecule has 0 spiro atoms. The van der Waals surface area contributed by atoms with Crippen LogP contribution >= 0.6 is 15.9 Å².